The van der Waals surface area contributed by atoms with Gasteiger partial charge in [0.05, 0.1) is 25.9 Å². The summed E-state index contributed by atoms with van der Waals surface area (Å²) in [4.78, 5) is 34.9. The molecule has 12 heteroatoms. The van der Waals surface area contributed by atoms with Crippen molar-refractivity contribution in [2.75, 3.05) is 26.4 Å². The second-order valence-electron chi connectivity index (χ2n) is 13.8. The van der Waals surface area contributed by atoms with E-state index in [9.17, 15) is 29.3 Å². The van der Waals surface area contributed by atoms with Crippen LogP contribution in [0.5, 0.6) is 0 Å². The van der Waals surface area contributed by atoms with Gasteiger partial charge in [-0.25, -0.2) is 4.57 Å². The van der Waals surface area contributed by atoms with E-state index in [4.69, 9.17) is 19.1 Å². The van der Waals surface area contributed by atoms with E-state index in [-0.39, 0.29) is 12.8 Å². The van der Waals surface area contributed by atoms with Gasteiger partial charge in [-0.1, -0.05) is 155 Å². The number of hydrogen-bond donors (Lipinski definition) is 4. The van der Waals surface area contributed by atoms with Crippen LogP contribution in [-0.2, 0) is 32.7 Å². The van der Waals surface area contributed by atoms with Crippen LogP contribution in [0, 0.1) is 0 Å². The normalized spacial score (nSPS) is 15.5. The maximum atomic E-state index is 12.6. The predicted octanol–water partition coefficient (Wildman–Crippen LogP) is 10.5. The number of phosphoric acid groups is 1. The lowest BCUT2D eigenvalue weighted by molar-refractivity contribution is -0.161. The van der Waals surface area contributed by atoms with Crippen molar-refractivity contribution in [3.63, 3.8) is 0 Å². The van der Waals surface area contributed by atoms with Crippen LogP contribution in [0.2, 0.25) is 0 Å². The van der Waals surface area contributed by atoms with Crippen molar-refractivity contribution in [2.24, 2.45) is 0 Å². The van der Waals surface area contributed by atoms with Gasteiger partial charge in [0.2, 0.25) is 0 Å². The molecule has 0 fully saturated rings. The highest BCUT2D eigenvalue weighted by Gasteiger charge is 2.27. The molecule has 0 amide bonds. The third kappa shape index (κ3) is 41.1. The van der Waals surface area contributed by atoms with E-state index >= 15 is 0 Å². The fourth-order valence-electron chi connectivity index (χ4n) is 4.88. The Kier molecular flexibility index (Phi) is 39.5. The van der Waals surface area contributed by atoms with E-state index in [1.54, 1.807) is 0 Å². The highest BCUT2D eigenvalue weighted by molar-refractivity contribution is 7.47. The second-order valence-corrected chi connectivity index (χ2v) is 15.3. The van der Waals surface area contributed by atoms with Gasteiger partial charge < -0.3 is 29.7 Å². The molecule has 0 aromatic heterocycles. The van der Waals surface area contributed by atoms with E-state index in [2.05, 4.69) is 85.2 Å². The molecule has 0 aromatic rings. The van der Waals surface area contributed by atoms with Crippen molar-refractivity contribution in [2.45, 2.75) is 141 Å². The summed E-state index contributed by atoms with van der Waals surface area (Å²) in [6.07, 6.45) is 50.8. The molecule has 0 aromatic carbocycles. The monoisotopic (exact) mass is 859 g/mol. The molecule has 0 saturated carbocycles. The largest absolute Gasteiger partial charge is 0.472 e. The van der Waals surface area contributed by atoms with Crippen LogP contribution < -0.4 is 0 Å². The van der Waals surface area contributed by atoms with E-state index < -0.39 is 64.5 Å². The van der Waals surface area contributed by atoms with Crippen molar-refractivity contribution in [1.29, 1.82) is 0 Å². The predicted molar refractivity (Wildman–Crippen MR) is 243 cm³/mol. The van der Waals surface area contributed by atoms with Gasteiger partial charge >= 0.3 is 19.8 Å². The third-order valence-electron chi connectivity index (χ3n) is 8.22. The summed E-state index contributed by atoms with van der Waals surface area (Å²) in [6.45, 7) is 1.94. The molecule has 4 atom stereocenters. The Morgan fingerprint density at radius 3 is 1.65 bits per heavy atom. The van der Waals surface area contributed by atoms with Crippen LogP contribution in [-0.4, -0.2) is 76.9 Å². The highest BCUT2D eigenvalue weighted by atomic mass is 31.2. The topological polar surface area (TPSA) is 169 Å². The smallest absolute Gasteiger partial charge is 0.462 e. The molecular formula is C48H75O11P. The minimum Gasteiger partial charge on any atom is -0.462 e. The Morgan fingerprint density at radius 2 is 1.10 bits per heavy atom. The first-order chi connectivity index (χ1) is 29.1. The molecule has 0 spiro atoms. The molecule has 11 nitrogen and oxygen atoms in total. The molecule has 60 heavy (non-hydrogen) atoms. The van der Waals surface area contributed by atoms with E-state index in [1.807, 2.05) is 54.7 Å². The summed E-state index contributed by atoms with van der Waals surface area (Å²) in [5, 5.41) is 28.2. The highest BCUT2D eigenvalue weighted by Crippen LogP contribution is 2.43. The summed E-state index contributed by atoms with van der Waals surface area (Å²) in [5.74, 6) is -1.13. The molecule has 338 valence electrons. The van der Waals surface area contributed by atoms with Crippen LogP contribution in [0.25, 0.3) is 0 Å². The number of carbonyl (C=O) groups excluding carboxylic acids is 2. The van der Waals surface area contributed by atoms with Crippen LogP contribution in [0.15, 0.2) is 122 Å². The average molecular weight is 859 g/mol. The molecule has 0 bridgehead atoms. The molecule has 0 saturated heterocycles. The van der Waals surface area contributed by atoms with E-state index in [0.29, 0.717) is 25.7 Å². The molecule has 1 unspecified atom stereocenters. The van der Waals surface area contributed by atoms with Crippen LogP contribution >= 0.6 is 7.82 Å². The first-order valence-corrected chi connectivity index (χ1v) is 23.1. The summed E-state index contributed by atoms with van der Waals surface area (Å²) < 4.78 is 32.5. The number of rotatable bonds is 38. The molecule has 4 N–H and O–H groups in total. The van der Waals surface area contributed by atoms with Gasteiger partial charge in [-0.05, 0) is 77.0 Å². The lowest BCUT2D eigenvalue weighted by Gasteiger charge is -2.20. The molecule has 0 aliphatic heterocycles. The van der Waals surface area contributed by atoms with E-state index in [0.717, 1.165) is 70.6 Å². The lowest BCUT2D eigenvalue weighted by Crippen LogP contribution is -2.29. The van der Waals surface area contributed by atoms with Gasteiger partial charge in [-0.3, -0.25) is 18.6 Å². The number of aliphatic hydroxyl groups is 3. The number of unbranched alkanes of at least 4 members (excludes halogenated alkanes) is 3. The number of hydrogen-bond acceptors (Lipinski definition) is 10. The standard InChI is InChI=1S/C48H75O11P/c1-3-5-7-8-9-10-11-12-13-14-15-16-17-18-21-25-28-31-35-39-48(53)59-46(43-58-60(54,55)57-41-45(51)40-49)42-56-47(52)38-34-30-27-24-22-19-20-23-26-29-33-37-44(50)36-32-6-4-2/h5,7,9-10,12-13,15-16,18-21,24,26-29,31,33,37,44-46,49-51H,3-4,6,8,11,14,17,22-23,25,30,32,34-36,38-43H2,1-2H3,(H,54,55)/b7-5-,10-9-,13-12-,16-15-,20-19-,21-18-,27-24-,29-26-,31-28-,37-33+/t44-,45+,46-/m1/s1. The number of esters is 2. The van der Waals surface area contributed by atoms with Crippen molar-refractivity contribution < 1.29 is 52.9 Å². The lowest BCUT2D eigenvalue weighted by atomic mass is 10.1. The van der Waals surface area contributed by atoms with Crippen LogP contribution in [0.3, 0.4) is 0 Å². The Bertz CT molecular complexity index is 1420. The molecule has 0 rings (SSSR count). The summed E-state index contributed by atoms with van der Waals surface area (Å²) >= 11 is 0. The average Bonchev–Trinajstić information content (AvgIpc) is 3.23. The Hall–Kier alpha value is -3.67. The zero-order chi connectivity index (χ0) is 44.2. The van der Waals surface area contributed by atoms with Gasteiger partial charge in [0.25, 0.3) is 0 Å². The summed E-state index contributed by atoms with van der Waals surface area (Å²) in [6, 6.07) is 0. The van der Waals surface area contributed by atoms with Crippen LogP contribution in [0.1, 0.15) is 123 Å². The minimum absolute atomic E-state index is 0.0302. The molecule has 0 radical (unpaired) electrons. The second kappa shape index (κ2) is 42.0. The van der Waals surface area contributed by atoms with E-state index in [1.165, 1.54) is 0 Å². The number of ether oxygens (including phenoxy) is 2. The van der Waals surface area contributed by atoms with Gasteiger partial charge in [-0.15, -0.1) is 0 Å². The maximum Gasteiger partial charge on any atom is 0.472 e. The minimum atomic E-state index is -4.67. The van der Waals surface area contributed by atoms with Crippen molar-refractivity contribution in [1.82, 2.24) is 0 Å². The Balaban J connectivity index is 4.59. The molecule has 0 aliphatic rings. The van der Waals surface area contributed by atoms with Crippen molar-refractivity contribution >= 4 is 19.8 Å². The summed E-state index contributed by atoms with van der Waals surface area (Å²) in [7, 11) is -4.67. The first kappa shape index (κ1) is 56.3. The quantitative estimate of drug-likeness (QED) is 0.0153. The third-order valence-corrected chi connectivity index (χ3v) is 9.17. The fourth-order valence-corrected chi connectivity index (χ4v) is 5.67. The van der Waals surface area contributed by atoms with Crippen molar-refractivity contribution in [3.05, 3.63) is 122 Å². The Labute approximate surface area is 360 Å². The van der Waals surface area contributed by atoms with Gasteiger partial charge in [0.15, 0.2) is 6.10 Å². The zero-order valence-electron chi connectivity index (χ0n) is 36.2. The van der Waals surface area contributed by atoms with Crippen LogP contribution in [0.4, 0.5) is 0 Å². The van der Waals surface area contributed by atoms with Gasteiger partial charge in [0, 0.05) is 12.8 Å². The number of phosphoric ester groups is 1. The number of carbonyl (C=O) groups is 2. The van der Waals surface area contributed by atoms with Gasteiger partial charge in [0.1, 0.15) is 12.7 Å². The maximum absolute atomic E-state index is 12.6. The molecule has 0 aliphatic carbocycles. The zero-order valence-corrected chi connectivity index (χ0v) is 37.1. The fraction of sp³-hybridized carbons (Fsp3) is 0.542. The first-order valence-electron chi connectivity index (χ1n) is 21.6. The number of aliphatic hydroxyl groups excluding tert-OH is 3. The SMILES string of the molecule is CC/C=C\C/C=C\C/C=C\C/C=C\C/C=C\C/C=C\CCC(=O)O[C@H](COC(=O)CCC/C=C\C/C=C\C/C=C\C=C\[C@H](O)CCCCC)COP(=O)(O)OC[C@@H](O)CO. The summed E-state index contributed by atoms with van der Waals surface area (Å²) in [5.41, 5.74) is 0. The number of allylic oxidation sites excluding steroid dienone is 19. The Morgan fingerprint density at radius 1 is 0.583 bits per heavy atom. The van der Waals surface area contributed by atoms with Crippen molar-refractivity contribution in [3.8, 4) is 0 Å². The molecular weight excluding hydrogens is 783 g/mol. The van der Waals surface area contributed by atoms with Gasteiger partial charge in [-0.2, -0.15) is 0 Å². The molecule has 0 heterocycles.